The zero-order chi connectivity index (χ0) is 15.0. The highest BCUT2D eigenvalue weighted by atomic mass is 32.2. The van der Waals surface area contributed by atoms with Gasteiger partial charge in [0.05, 0.1) is 4.90 Å². The fourth-order valence-corrected chi connectivity index (χ4v) is 3.52. The highest BCUT2D eigenvalue weighted by molar-refractivity contribution is 7.92. The van der Waals surface area contributed by atoms with Crippen molar-refractivity contribution in [1.82, 2.24) is 4.98 Å². The van der Waals surface area contributed by atoms with Crippen LogP contribution < -0.4 is 4.72 Å². The maximum Gasteiger partial charge on any atom is 0.262 e. The Hall–Kier alpha value is -2.34. The number of aromatic nitrogens is 1. The first-order valence-corrected chi connectivity index (χ1v) is 7.80. The van der Waals surface area contributed by atoms with Crippen LogP contribution in [0, 0.1) is 12.7 Å². The van der Waals surface area contributed by atoms with Crippen molar-refractivity contribution in [2.45, 2.75) is 11.8 Å². The summed E-state index contributed by atoms with van der Waals surface area (Å²) in [5.74, 6) is -0.458. The molecule has 0 amide bonds. The molecule has 108 valence electrons. The van der Waals surface area contributed by atoms with Crippen LogP contribution in [0.4, 0.5) is 10.1 Å². The van der Waals surface area contributed by atoms with Crippen LogP contribution in [0.2, 0.25) is 0 Å². The van der Waals surface area contributed by atoms with Crippen LogP contribution in [0.1, 0.15) is 5.56 Å². The fraction of sp³-hybridized carbons (Fsp3) is 0.0667. The van der Waals surface area contributed by atoms with Crippen molar-refractivity contribution in [1.29, 1.82) is 0 Å². The number of anilines is 1. The van der Waals surface area contributed by atoms with Crippen LogP contribution in [-0.4, -0.2) is 13.4 Å². The number of rotatable bonds is 3. The molecule has 0 fully saturated rings. The molecule has 3 aromatic rings. The van der Waals surface area contributed by atoms with E-state index in [1.807, 2.05) is 6.07 Å². The van der Waals surface area contributed by atoms with Crippen LogP contribution in [0.5, 0.6) is 0 Å². The Morgan fingerprint density at radius 1 is 1.10 bits per heavy atom. The normalized spacial score (nSPS) is 11.7. The summed E-state index contributed by atoms with van der Waals surface area (Å²) >= 11 is 0. The lowest BCUT2D eigenvalue weighted by Gasteiger charge is -2.10. The highest BCUT2D eigenvalue weighted by Gasteiger charge is 2.17. The second-order valence-electron chi connectivity index (χ2n) is 4.80. The van der Waals surface area contributed by atoms with Gasteiger partial charge in [0, 0.05) is 22.8 Å². The minimum absolute atomic E-state index is 0.0677. The predicted molar refractivity (Wildman–Crippen MR) is 80.2 cm³/mol. The van der Waals surface area contributed by atoms with E-state index in [2.05, 4.69) is 9.71 Å². The van der Waals surface area contributed by atoms with E-state index in [-0.39, 0.29) is 4.90 Å². The van der Waals surface area contributed by atoms with Gasteiger partial charge in [-0.15, -0.1) is 0 Å². The zero-order valence-corrected chi connectivity index (χ0v) is 12.0. The average Bonchev–Trinajstić information content (AvgIpc) is 2.85. The van der Waals surface area contributed by atoms with Crippen LogP contribution in [0.3, 0.4) is 0 Å². The largest absolute Gasteiger partial charge is 0.361 e. The van der Waals surface area contributed by atoms with Crippen molar-refractivity contribution in [3.63, 3.8) is 0 Å². The van der Waals surface area contributed by atoms with Crippen molar-refractivity contribution in [3.8, 4) is 0 Å². The third-order valence-corrected chi connectivity index (χ3v) is 4.77. The minimum atomic E-state index is -3.74. The quantitative estimate of drug-likeness (QED) is 0.779. The molecule has 0 bridgehead atoms. The lowest BCUT2D eigenvalue weighted by Crippen LogP contribution is -2.14. The van der Waals surface area contributed by atoms with Gasteiger partial charge >= 0.3 is 0 Å². The number of halogens is 1. The third kappa shape index (κ3) is 2.62. The Labute approximate surface area is 121 Å². The molecule has 0 spiro atoms. The maximum absolute atomic E-state index is 13.1. The first-order valence-electron chi connectivity index (χ1n) is 6.32. The number of aromatic amines is 1. The summed E-state index contributed by atoms with van der Waals surface area (Å²) < 4.78 is 40.3. The molecular formula is C15H13FN2O2S. The molecule has 0 aliphatic rings. The van der Waals surface area contributed by atoms with E-state index < -0.39 is 15.8 Å². The molecule has 0 atom stereocenters. The third-order valence-electron chi connectivity index (χ3n) is 3.23. The number of fused-ring (bicyclic) bond motifs is 1. The molecule has 6 heteroatoms. The number of aryl methyl sites for hydroxylation is 1. The summed E-state index contributed by atoms with van der Waals surface area (Å²) in [6, 6.07) is 10.7. The van der Waals surface area contributed by atoms with Crippen LogP contribution >= 0.6 is 0 Å². The molecule has 21 heavy (non-hydrogen) atoms. The summed E-state index contributed by atoms with van der Waals surface area (Å²) in [6.07, 6.45) is 1.78. The molecular weight excluding hydrogens is 291 g/mol. The van der Waals surface area contributed by atoms with E-state index in [1.165, 1.54) is 12.1 Å². The lowest BCUT2D eigenvalue weighted by atomic mass is 10.2. The van der Waals surface area contributed by atoms with Crippen molar-refractivity contribution < 1.29 is 12.8 Å². The van der Waals surface area contributed by atoms with Crippen molar-refractivity contribution in [2.24, 2.45) is 0 Å². The van der Waals surface area contributed by atoms with Crippen LogP contribution in [0.25, 0.3) is 10.9 Å². The van der Waals surface area contributed by atoms with Gasteiger partial charge in [-0.2, -0.15) is 0 Å². The van der Waals surface area contributed by atoms with Gasteiger partial charge in [-0.1, -0.05) is 0 Å². The number of benzene rings is 2. The van der Waals surface area contributed by atoms with Gasteiger partial charge in [-0.05, 0) is 55.0 Å². The molecule has 2 aromatic carbocycles. The van der Waals surface area contributed by atoms with E-state index in [4.69, 9.17) is 0 Å². The van der Waals surface area contributed by atoms with Crippen LogP contribution in [0.15, 0.2) is 53.6 Å². The average molecular weight is 304 g/mol. The van der Waals surface area contributed by atoms with Gasteiger partial charge in [0.15, 0.2) is 0 Å². The Morgan fingerprint density at radius 3 is 2.67 bits per heavy atom. The van der Waals surface area contributed by atoms with Crippen molar-refractivity contribution in [3.05, 3.63) is 60.0 Å². The fourth-order valence-electron chi connectivity index (χ4n) is 2.24. The number of H-pyrrole nitrogens is 1. The number of sulfonamides is 1. The smallest absolute Gasteiger partial charge is 0.262 e. The van der Waals surface area contributed by atoms with Crippen molar-refractivity contribution in [2.75, 3.05) is 4.72 Å². The zero-order valence-electron chi connectivity index (χ0n) is 11.2. The topological polar surface area (TPSA) is 62.0 Å². The molecule has 0 aliphatic heterocycles. The number of nitrogens with one attached hydrogen (secondary N) is 2. The molecule has 0 unspecified atom stereocenters. The number of hydrogen-bond acceptors (Lipinski definition) is 2. The van der Waals surface area contributed by atoms with E-state index in [0.717, 1.165) is 17.0 Å². The predicted octanol–water partition coefficient (Wildman–Crippen LogP) is 3.42. The van der Waals surface area contributed by atoms with Gasteiger partial charge in [-0.25, -0.2) is 12.8 Å². The summed E-state index contributed by atoms with van der Waals surface area (Å²) in [5, 5.41) is 0.908. The monoisotopic (exact) mass is 304 g/mol. The number of hydrogen-bond donors (Lipinski definition) is 2. The summed E-state index contributed by atoms with van der Waals surface area (Å²) in [6.45, 7) is 1.56. The van der Waals surface area contributed by atoms with E-state index >= 15 is 0 Å². The van der Waals surface area contributed by atoms with Gasteiger partial charge < -0.3 is 4.98 Å². The molecule has 0 saturated heterocycles. The van der Waals surface area contributed by atoms with Gasteiger partial charge in [0.1, 0.15) is 5.82 Å². The second kappa shape index (κ2) is 4.89. The van der Waals surface area contributed by atoms with Gasteiger partial charge in [0.2, 0.25) is 0 Å². The summed E-state index contributed by atoms with van der Waals surface area (Å²) in [4.78, 5) is 3.11. The van der Waals surface area contributed by atoms with Crippen LogP contribution in [-0.2, 0) is 10.0 Å². The summed E-state index contributed by atoms with van der Waals surface area (Å²) in [5.41, 5.74) is 1.76. The molecule has 0 saturated carbocycles. The molecule has 2 N–H and O–H groups in total. The molecule has 1 heterocycles. The first-order chi connectivity index (χ1) is 9.95. The minimum Gasteiger partial charge on any atom is -0.361 e. The lowest BCUT2D eigenvalue weighted by molar-refractivity contribution is 0.598. The highest BCUT2D eigenvalue weighted by Crippen LogP contribution is 2.23. The first kappa shape index (κ1) is 13.6. The summed E-state index contributed by atoms with van der Waals surface area (Å²) in [7, 11) is -3.74. The van der Waals surface area contributed by atoms with Gasteiger partial charge in [-0.3, -0.25) is 4.72 Å². The Balaban J connectivity index is 1.98. The van der Waals surface area contributed by atoms with E-state index in [9.17, 15) is 12.8 Å². The Kier molecular flexibility index (Phi) is 3.17. The Bertz CT molecular complexity index is 916. The maximum atomic E-state index is 13.1. The second-order valence-corrected chi connectivity index (χ2v) is 6.45. The van der Waals surface area contributed by atoms with Gasteiger partial charge in [0.25, 0.3) is 10.0 Å². The molecule has 4 nitrogen and oxygen atoms in total. The van der Waals surface area contributed by atoms with E-state index in [1.54, 1.807) is 31.3 Å². The SMILES string of the molecule is Cc1cc(F)ccc1S(=O)(=O)Nc1ccc2[nH]ccc2c1. The molecule has 0 radical (unpaired) electrons. The standard InChI is InChI=1S/C15H13FN2O2S/c1-10-8-12(16)2-5-15(10)21(19,20)18-13-3-4-14-11(9-13)6-7-17-14/h2-9,17-18H,1H3. The van der Waals surface area contributed by atoms with E-state index in [0.29, 0.717) is 11.3 Å². The molecule has 1 aromatic heterocycles. The molecule has 0 aliphatic carbocycles. The Morgan fingerprint density at radius 2 is 1.90 bits per heavy atom. The van der Waals surface area contributed by atoms with Crippen molar-refractivity contribution >= 4 is 26.6 Å². The molecule has 3 rings (SSSR count).